The number of carbonyl (C=O) groups excluding carboxylic acids is 1. The molecule has 1 amide bonds. The van der Waals surface area contributed by atoms with Gasteiger partial charge in [-0.1, -0.05) is 48.9 Å². The molecule has 6 heteroatoms. The second-order valence-corrected chi connectivity index (χ2v) is 8.30. The number of aryl methyl sites for hydroxylation is 1. The van der Waals surface area contributed by atoms with Gasteiger partial charge in [-0.25, -0.2) is 4.98 Å². The lowest BCUT2D eigenvalue weighted by Crippen LogP contribution is -2.11. The van der Waals surface area contributed by atoms with E-state index in [0.717, 1.165) is 27.6 Å². The summed E-state index contributed by atoms with van der Waals surface area (Å²) < 4.78 is 0. The molecule has 3 aromatic rings. The first-order valence-corrected chi connectivity index (χ1v) is 10.6. The first-order chi connectivity index (χ1) is 12.7. The maximum atomic E-state index is 12.2. The van der Waals surface area contributed by atoms with Crippen molar-refractivity contribution in [1.82, 2.24) is 4.98 Å². The third-order valence-corrected chi connectivity index (χ3v) is 6.10. The van der Waals surface area contributed by atoms with Crippen molar-refractivity contribution < 1.29 is 4.79 Å². The molecule has 26 heavy (non-hydrogen) atoms. The number of nitrogens with one attached hydrogen (secondary N) is 1. The molecule has 0 aliphatic rings. The van der Waals surface area contributed by atoms with E-state index >= 15 is 0 Å². The number of anilines is 1. The summed E-state index contributed by atoms with van der Waals surface area (Å²) in [5, 5.41) is 4.32. The molecule has 0 radical (unpaired) electrons. The Kier molecular flexibility index (Phi) is 6.72. The van der Waals surface area contributed by atoms with Gasteiger partial charge in [-0.05, 0) is 30.7 Å². The number of thiazole rings is 1. The number of rotatable bonds is 7. The van der Waals surface area contributed by atoms with Crippen molar-refractivity contribution in [3.63, 3.8) is 0 Å². The summed E-state index contributed by atoms with van der Waals surface area (Å²) in [6.07, 6.45) is 1.33. The van der Waals surface area contributed by atoms with Gasteiger partial charge in [0.15, 0.2) is 5.13 Å². The maximum absolute atomic E-state index is 12.2. The molecule has 0 spiro atoms. The number of aromatic nitrogens is 1. The molecule has 0 aliphatic carbocycles. The summed E-state index contributed by atoms with van der Waals surface area (Å²) >= 11 is 9.07. The molecule has 0 saturated heterocycles. The Labute approximate surface area is 166 Å². The molecular formula is C20H19ClN2OS2. The van der Waals surface area contributed by atoms with E-state index in [0.29, 0.717) is 17.3 Å². The van der Waals surface area contributed by atoms with E-state index in [4.69, 9.17) is 11.6 Å². The molecule has 0 atom stereocenters. The lowest BCUT2D eigenvalue weighted by Gasteiger charge is -2.02. The van der Waals surface area contributed by atoms with E-state index in [2.05, 4.69) is 17.2 Å². The minimum Gasteiger partial charge on any atom is -0.302 e. The van der Waals surface area contributed by atoms with E-state index in [-0.39, 0.29) is 5.91 Å². The van der Waals surface area contributed by atoms with Gasteiger partial charge in [0.1, 0.15) is 0 Å². The van der Waals surface area contributed by atoms with E-state index < -0.39 is 0 Å². The molecule has 0 unspecified atom stereocenters. The number of amides is 1. The van der Waals surface area contributed by atoms with Crippen molar-refractivity contribution in [1.29, 1.82) is 0 Å². The van der Waals surface area contributed by atoms with Crippen LogP contribution in [0.1, 0.15) is 18.2 Å². The summed E-state index contributed by atoms with van der Waals surface area (Å²) in [5.41, 5.74) is 2.04. The monoisotopic (exact) mass is 402 g/mol. The number of hydrogen-bond donors (Lipinski definition) is 1. The average molecular weight is 403 g/mol. The number of thioether (sulfide) groups is 1. The Morgan fingerprint density at radius 3 is 2.58 bits per heavy atom. The molecule has 2 aromatic carbocycles. The topological polar surface area (TPSA) is 42.0 Å². The Balaban J connectivity index is 1.57. The quantitative estimate of drug-likeness (QED) is 0.482. The number of benzene rings is 2. The highest BCUT2D eigenvalue weighted by molar-refractivity contribution is 7.99. The smallest absolute Gasteiger partial charge is 0.226 e. The van der Waals surface area contributed by atoms with Crippen LogP contribution in [0, 0.1) is 0 Å². The predicted molar refractivity (Wildman–Crippen MR) is 112 cm³/mol. The molecule has 0 bridgehead atoms. The van der Waals surface area contributed by atoms with Gasteiger partial charge in [0, 0.05) is 32.5 Å². The SMILES string of the molecule is CCc1sc(NC(=O)CCSc2ccc(Cl)cc2)nc1-c1ccccc1. The summed E-state index contributed by atoms with van der Waals surface area (Å²) in [7, 11) is 0. The second-order valence-electron chi connectivity index (χ2n) is 5.61. The molecule has 0 fully saturated rings. The Bertz CT molecular complexity index is 863. The third kappa shape index (κ3) is 5.10. The van der Waals surface area contributed by atoms with Crippen LogP contribution in [-0.4, -0.2) is 16.6 Å². The van der Waals surface area contributed by atoms with Crippen LogP contribution in [0.15, 0.2) is 59.5 Å². The van der Waals surface area contributed by atoms with Crippen LogP contribution in [0.3, 0.4) is 0 Å². The van der Waals surface area contributed by atoms with Crippen molar-refractivity contribution in [3.8, 4) is 11.3 Å². The van der Waals surface area contributed by atoms with Gasteiger partial charge < -0.3 is 5.32 Å². The van der Waals surface area contributed by atoms with Crippen molar-refractivity contribution >= 4 is 45.7 Å². The van der Waals surface area contributed by atoms with Crippen molar-refractivity contribution in [2.75, 3.05) is 11.1 Å². The lowest BCUT2D eigenvalue weighted by atomic mass is 10.1. The van der Waals surface area contributed by atoms with Gasteiger partial charge in [-0.3, -0.25) is 4.79 Å². The third-order valence-electron chi connectivity index (χ3n) is 3.72. The van der Waals surface area contributed by atoms with E-state index in [1.54, 1.807) is 23.1 Å². The van der Waals surface area contributed by atoms with Crippen molar-refractivity contribution in [2.45, 2.75) is 24.7 Å². The van der Waals surface area contributed by atoms with Crippen LogP contribution in [0.25, 0.3) is 11.3 Å². The van der Waals surface area contributed by atoms with Crippen molar-refractivity contribution in [2.24, 2.45) is 0 Å². The van der Waals surface area contributed by atoms with Crippen LogP contribution in [0.2, 0.25) is 5.02 Å². The van der Waals surface area contributed by atoms with Gasteiger partial charge in [-0.2, -0.15) is 0 Å². The van der Waals surface area contributed by atoms with Crippen LogP contribution < -0.4 is 5.32 Å². The zero-order valence-electron chi connectivity index (χ0n) is 14.4. The molecule has 3 nitrogen and oxygen atoms in total. The zero-order chi connectivity index (χ0) is 18.4. The summed E-state index contributed by atoms with van der Waals surface area (Å²) in [4.78, 5) is 19.1. The molecule has 1 heterocycles. The fraction of sp³-hybridized carbons (Fsp3) is 0.200. The number of hydrogen-bond acceptors (Lipinski definition) is 4. The average Bonchev–Trinajstić information content (AvgIpc) is 3.07. The Morgan fingerprint density at radius 1 is 1.15 bits per heavy atom. The first kappa shape index (κ1) is 19.0. The van der Waals surface area contributed by atoms with E-state index in [1.807, 2.05) is 54.6 Å². The number of carbonyl (C=O) groups is 1. The van der Waals surface area contributed by atoms with Gasteiger partial charge in [-0.15, -0.1) is 23.1 Å². The predicted octanol–water partition coefficient (Wildman–Crippen LogP) is 6.15. The van der Waals surface area contributed by atoms with Crippen molar-refractivity contribution in [3.05, 3.63) is 64.5 Å². The molecule has 1 aromatic heterocycles. The van der Waals surface area contributed by atoms with Gasteiger partial charge in [0.2, 0.25) is 5.91 Å². The summed E-state index contributed by atoms with van der Waals surface area (Å²) in [6, 6.07) is 17.7. The second kappa shape index (κ2) is 9.21. The molecule has 1 N–H and O–H groups in total. The molecule has 134 valence electrons. The highest BCUT2D eigenvalue weighted by Crippen LogP contribution is 2.31. The highest BCUT2D eigenvalue weighted by Gasteiger charge is 2.13. The molecule has 3 rings (SSSR count). The summed E-state index contributed by atoms with van der Waals surface area (Å²) in [5.74, 6) is 0.702. The first-order valence-electron chi connectivity index (χ1n) is 8.39. The lowest BCUT2D eigenvalue weighted by molar-refractivity contribution is -0.115. The normalized spacial score (nSPS) is 10.7. The molecular weight excluding hydrogens is 384 g/mol. The van der Waals surface area contributed by atoms with Gasteiger partial charge in [0.25, 0.3) is 0 Å². The maximum Gasteiger partial charge on any atom is 0.226 e. The minimum atomic E-state index is -0.0116. The fourth-order valence-electron chi connectivity index (χ4n) is 2.44. The number of nitrogens with zero attached hydrogens (tertiary/aromatic N) is 1. The van der Waals surface area contributed by atoms with Gasteiger partial charge >= 0.3 is 0 Å². The van der Waals surface area contributed by atoms with E-state index in [9.17, 15) is 4.79 Å². The standard InChI is InChI=1S/C20H19ClN2OS2/c1-2-17-19(14-6-4-3-5-7-14)23-20(26-17)22-18(24)12-13-25-16-10-8-15(21)9-11-16/h3-11H,2,12-13H2,1H3,(H,22,23,24). The van der Waals surface area contributed by atoms with Gasteiger partial charge in [0.05, 0.1) is 5.69 Å². The summed E-state index contributed by atoms with van der Waals surface area (Å²) in [6.45, 7) is 2.11. The van der Waals surface area contributed by atoms with Crippen LogP contribution >= 0.6 is 34.7 Å². The highest BCUT2D eigenvalue weighted by atomic mass is 35.5. The van der Waals surface area contributed by atoms with E-state index in [1.165, 1.54) is 4.88 Å². The van der Waals surface area contributed by atoms with Crippen LogP contribution in [0.5, 0.6) is 0 Å². The molecule has 0 aliphatic heterocycles. The Morgan fingerprint density at radius 2 is 1.88 bits per heavy atom. The Hall–Kier alpha value is -1.82. The van der Waals surface area contributed by atoms with Crippen LogP contribution in [-0.2, 0) is 11.2 Å². The zero-order valence-corrected chi connectivity index (χ0v) is 16.8. The fourth-order valence-corrected chi connectivity index (χ4v) is 4.36. The number of halogens is 1. The molecule has 0 saturated carbocycles. The minimum absolute atomic E-state index is 0.0116. The van der Waals surface area contributed by atoms with Crippen LogP contribution in [0.4, 0.5) is 5.13 Å². The largest absolute Gasteiger partial charge is 0.302 e.